The number of methoxy groups -OCH3 is 1. The number of hydrogen-bond acceptors (Lipinski definition) is 6. The number of nitrogens with zero attached hydrogens (tertiary/aromatic N) is 3. The average Bonchev–Trinajstić information content (AvgIpc) is 3.26. The van der Waals surface area contributed by atoms with Crippen LogP contribution in [0.4, 0.5) is 5.69 Å². The summed E-state index contributed by atoms with van der Waals surface area (Å²) < 4.78 is 12.0. The fourth-order valence-electron chi connectivity index (χ4n) is 3.30. The molecule has 8 nitrogen and oxygen atoms in total. The van der Waals surface area contributed by atoms with Crippen molar-refractivity contribution >= 4 is 22.5 Å². The Hall–Kier alpha value is -3.94. The van der Waals surface area contributed by atoms with Crippen LogP contribution in [-0.2, 0) is 11.3 Å². The first-order valence-electron chi connectivity index (χ1n) is 9.86. The molecule has 4 rings (SSSR count). The second kappa shape index (κ2) is 8.43. The van der Waals surface area contributed by atoms with Gasteiger partial charge >= 0.3 is 0 Å². The van der Waals surface area contributed by atoms with E-state index in [1.54, 1.807) is 37.4 Å². The lowest BCUT2D eigenvalue weighted by Crippen LogP contribution is -2.27. The minimum absolute atomic E-state index is 0.101. The first kappa shape index (κ1) is 20.3. The van der Waals surface area contributed by atoms with Crippen molar-refractivity contribution in [1.29, 1.82) is 0 Å². The number of nitrogens with one attached hydrogen (secondary N) is 1. The third kappa shape index (κ3) is 4.18. The maximum Gasteiger partial charge on any atom is 0.258 e. The Labute approximate surface area is 178 Å². The number of carbonyl (C=O) groups is 1. The van der Waals surface area contributed by atoms with E-state index < -0.39 is 0 Å². The molecule has 0 aliphatic rings. The van der Waals surface area contributed by atoms with Crippen LogP contribution in [0.25, 0.3) is 22.4 Å². The van der Waals surface area contributed by atoms with Crippen molar-refractivity contribution in [2.45, 2.75) is 26.3 Å². The molecule has 0 saturated heterocycles. The summed E-state index contributed by atoms with van der Waals surface area (Å²) in [6.07, 6.45) is 0. The van der Waals surface area contributed by atoms with Gasteiger partial charge in [-0.3, -0.25) is 14.2 Å². The molecule has 0 bridgehead atoms. The van der Waals surface area contributed by atoms with Crippen molar-refractivity contribution < 1.29 is 14.1 Å². The van der Waals surface area contributed by atoms with Crippen LogP contribution in [0.5, 0.6) is 5.75 Å². The normalized spacial score (nSPS) is 11.1. The molecule has 158 valence electrons. The molecule has 2 heterocycles. The minimum Gasteiger partial charge on any atom is -0.497 e. The van der Waals surface area contributed by atoms with Gasteiger partial charge < -0.3 is 14.6 Å². The zero-order valence-corrected chi connectivity index (χ0v) is 17.5. The van der Waals surface area contributed by atoms with Crippen LogP contribution in [0.1, 0.15) is 25.6 Å². The molecule has 1 N–H and O–H groups in total. The molecule has 0 radical (unpaired) electrons. The molecular weight excluding hydrogens is 396 g/mol. The lowest BCUT2D eigenvalue weighted by Gasteiger charge is -2.12. The largest absolute Gasteiger partial charge is 0.497 e. The van der Waals surface area contributed by atoms with Gasteiger partial charge in [0.25, 0.3) is 11.4 Å². The quantitative estimate of drug-likeness (QED) is 0.511. The number of anilines is 1. The van der Waals surface area contributed by atoms with Crippen LogP contribution >= 0.6 is 0 Å². The first-order chi connectivity index (χ1) is 15.0. The number of carbonyl (C=O) groups excluding carboxylic acids is 1. The molecule has 31 heavy (non-hydrogen) atoms. The van der Waals surface area contributed by atoms with Crippen LogP contribution in [0.15, 0.2) is 63.9 Å². The van der Waals surface area contributed by atoms with Crippen molar-refractivity contribution in [3.8, 4) is 17.2 Å². The summed E-state index contributed by atoms with van der Waals surface area (Å²) in [5, 5.41) is 7.54. The molecule has 0 saturated carbocycles. The summed E-state index contributed by atoms with van der Waals surface area (Å²) in [6.45, 7) is 3.79. The van der Waals surface area contributed by atoms with Crippen molar-refractivity contribution in [1.82, 2.24) is 14.7 Å². The molecule has 2 aromatic carbocycles. The number of rotatable bonds is 6. The van der Waals surface area contributed by atoms with Crippen molar-refractivity contribution in [3.05, 3.63) is 70.8 Å². The van der Waals surface area contributed by atoms with E-state index in [2.05, 4.69) is 15.5 Å². The van der Waals surface area contributed by atoms with E-state index in [-0.39, 0.29) is 29.8 Å². The van der Waals surface area contributed by atoms with Crippen molar-refractivity contribution in [2.24, 2.45) is 0 Å². The minimum atomic E-state index is -0.334. The Balaban J connectivity index is 1.69. The van der Waals surface area contributed by atoms with E-state index in [0.29, 0.717) is 28.3 Å². The van der Waals surface area contributed by atoms with E-state index in [1.165, 1.54) is 10.6 Å². The molecule has 0 atom stereocenters. The highest BCUT2D eigenvalue weighted by atomic mass is 16.5. The summed E-state index contributed by atoms with van der Waals surface area (Å²) in [7, 11) is 1.56. The molecule has 0 fully saturated rings. The second-order valence-corrected chi connectivity index (χ2v) is 7.39. The van der Waals surface area contributed by atoms with Gasteiger partial charge in [0.1, 0.15) is 12.3 Å². The van der Waals surface area contributed by atoms with E-state index >= 15 is 0 Å². The van der Waals surface area contributed by atoms with Gasteiger partial charge in [-0.05, 0) is 18.2 Å². The molecule has 0 unspecified atom stereocenters. The zero-order valence-electron chi connectivity index (χ0n) is 17.5. The van der Waals surface area contributed by atoms with Gasteiger partial charge in [0, 0.05) is 29.1 Å². The predicted octanol–water partition coefficient (Wildman–Crippen LogP) is 3.82. The third-order valence-electron chi connectivity index (χ3n) is 4.86. The van der Waals surface area contributed by atoms with E-state index in [9.17, 15) is 9.59 Å². The average molecular weight is 418 g/mol. The van der Waals surface area contributed by atoms with Crippen LogP contribution < -0.4 is 15.6 Å². The van der Waals surface area contributed by atoms with Crippen LogP contribution in [0.2, 0.25) is 0 Å². The standard InChI is InChI=1S/C23H22N4O4/c1-14(2)22-25-23(31-26-22)18-12-21(29)27(19-10-5-4-9-17(18)19)13-20(28)24-15-7-6-8-16(11-15)30-3/h4-12,14H,13H2,1-3H3,(H,24,28). The summed E-state index contributed by atoms with van der Waals surface area (Å²) in [6, 6.07) is 15.8. The zero-order chi connectivity index (χ0) is 22.0. The van der Waals surface area contributed by atoms with Gasteiger partial charge in [-0.2, -0.15) is 4.98 Å². The lowest BCUT2D eigenvalue weighted by molar-refractivity contribution is -0.116. The Bertz CT molecular complexity index is 1310. The molecule has 2 aromatic heterocycles. The van der Waals surface area contributed by atoms with Crippen LogP contribution in [-0.4, -0.2) is 27.7 Å². The van der Waals surface area contributed by atoms with Gasteiger partial charge in [-0.25, -0.2) is 0 Å². The number of para-hydroxylation sites is 1. The summed E-state index contributed by atoms with van der Waals surface area (Å²) in [5.74, 6) is 1.26. The van der Waals surface area contributed by atoms with E-state index in [1.807, 2.05) is 32.0 Å². The second-order valence-electron chi connectivity index (χ2n) is 7.39. The number of aromatic nitrogens is 3. The SMILES string of the molecule is COc1cccc(NC(=O)Cn2c(=O)cc(-c3nc(C(C)C)no3)c3ccccc32)c1. The maximum absolute atomic E-state index is 12.9. The number of ether oxygens (including phenoxy) is 1. The van der Waals surface area contributed by atoms with E-state index in [4.69, 9.17) is 9.26 Å². The Morgan fingerprint density at radius 3 is 2.71 bits per heavy atom. The smallest absolute Gasteiger partial charge is 0.258 e. The highest BCUT2D eigenvalue weighted by molar-refractivity contribution is 5.95. The maximum atomic E-state index is 12.9. The highest BCUT2D eigenvalue weighted by Gasteiger charge is 2.18. The Kier molecular flexibility index (Phi) is 5.53. The number of amides is 1. The monoisotopic (exact) mass is 418 g/mol. The molecule has 0 aliphatic heterocycles. The van der Waals surface area contributed by atoms with Gasteiger partial charge in [0.05, 0.1) is 18.2 Å². The lowest BCUT2D eigenvalue weighted by atomic mass is 10.1. The van der Waals surface area contributed by atoms with Gasteiger partial charge in [0.15, 0.2) is 5.82 Å². The molecule has 0 spiro atoms. The Morgan fingerprint density at radius 1 is 1.16 bits per heavy atom. The molecule has 8 heteroatoms. The molecule has 4 aromatic rings. The highest BCUT2D eigenvalue weighted by Crippen LogP contribution is 2.27. The van der Waals surface area contributed by atoms with Crippen molar-refractivity contribution in [3.63, 3.8) is 0 Å². The van der Waals surface area contributed by atoms with Crippen LogP contribution in [0.3, 0.4) is 0 Å². The number of pyridine rings is 1. The van der Waals surface area contributed by atoms with E-state index in [0.717, 1.165) is 5.39 Å². The number of fused-ring (bicyclic) bond motifs is 1. The number of benzene rings is 2. The fraction of sp³-hybridized carbons (Fsp3) is 0.217. The molecule has 0 aliphatic carbocycles. The summed E-state index contributed by atoms with van der Waals surface area (Å²) in [4.78, 5) is 30.0. The Morgan fingerprint density at radius 2 is 1.97 bits per heavy atom. The third-order valence-corrected chi connectivity index (χ3v) is 4.86. The van der Waals surface area contributed by atoms with Crippen molar-refractivity contribution in [2.75, 3.05) is 12.4 Å². The van der Waals surface area contributed by atoms with Gasteiger partial charge in [0.2, 0.25) is 5.91 Å². The summed E-state index contributed by atoms with van der Waals surface area (Å²) >= 11 is 0. The molecular formula is C23H22N4O4. The number of hydrogen-bond donors (Lipinski definition) is 1. The molecule has 1 amide bonds. The van der Waals surface area contributed by atoms with Gasteiger partial charge in [-0.1, -0.05) is 43.3 Å². The topological polar surface area (TPSA) is 99.2 Å². The summed E-state index contributed by atoms with van der Waals surface area (Å²) in [5.41, 5.74) is 1.41. The first-order valence-corrected chi connectivity index (χ1v) is 9.86. The predicted molar refractivity (Wildman–Crippen MR) is 117 cm³/mol. The van der Waals surface area contributed by atoms with Crippen LogP contribution in [0, 0.1) is 0 Å². The van der Waals surface area contributed by atoms with Gasteiger partial charge in [-0.15, -0.1) is 0 Å². The fourth-order valence-corrected chi connectivity index (χ4v) is 3.30.